The minimum Gasteiger partial charge on any atom is -0.376 e. The molecular weight excluding hydrogens is 330 g/mol. The third-order valence-corrected chi connectivity index (χ3v) is 7.78. The van der Waals surface area contributed by atoms with Gasteiger partial charge in [0, 0.05) is 6.54 Å². The van der Waals surface area contributed by atoms with Gasteiger partial charge in [0.15, 0.2) is 0 Å². The molecule has 2 aromatic carbocycles. The van der Waals surface area contributed by atoms with Gasteiger partial charge in [0.1, 0.15) is 0 Å². The highest BCUT2D eigenvalue weighted by Crippen LogP contribution is 2.66. The smallest absolute Gasteiger partial charge is 0.0665 e. The zero-order chi connectivity index (χ0) is 18.9. The Morgan fingerprint density at radius 2 is 1.67 bits per heavy atom. The average Bonchev–Trinajstić information content (AvgIpc) is 3.03. The quantitative estimate of drug-likeness (QED) is 0.676. The summed E-state index contributed by atoms with van der Waals surface area (Å²) in [7, 11) is 0. The molecule has 0 spiro atoms. The van der Waals surface area contributed by atoms with Gasteiger partial charge in [-0.2, -0.15) is 0 Å². The summed E-state index contributed by atoms with van der Waals surface area (Å²) in [5.41, 5.74) is 3.34. The maximum Gasteiger partial charge on any atom is 0.0665 e. The fourth-order valence-electron chi connectivity index (χ4n) is 5.39. The summed E-state index contributed by atoms with van der Waals surface area (Å²) >= 11 is 0. The minimum atomic E-state index is 0.220. The Hall–Kier alpha value is -1.64. The Morgan fingerprint density at radius 3 is 2.26 bits per heavy atom. The van der Waals surface area contributed by atoms with Crippen molar-refractivity contribution in [2.75, 3.05) is 6.61 Å². The third kappa shape index (κ3) is 3.46. The van der Waals surface area contributed by atoms with E-state index in [0.29, 0.717) is 16.9 Å². The molecule has 0 aromatic heterocycles. The van der Waals surface area contributed by atoms with Crippen LogP contribution in [0.2, 0.25) is 0 Å². The summed E-state index contributed by atoms with van der Waals surface area (Å²) < 4.78 is 6.62. The van der Waals surface area contributed by atoms with Crippen LogP contribution in [0.5, 0.6) is 0 Å². The van der Waals surface area contributed by atoms with Crippen LogP contribution in [0.15, 0.2) is 60.7 Å². The summed E-state index contributed by atoms with van der Waals surface area (Å²) in [5.74, 6) is 0.819. The standard InChI is InChI=1S/C25H33NO/c1-24(2)21-14-15-25(24,3)23(16-21)27-18-22(20-12-8-5-9-13-20)26-17-19-10-6-4-7-11-19/h4-13,21-23,26H,14-18H2,1-3H3/t21-,22?,23+,25+/m1/s1. The molecule has 2 saturated carbocycles. The predicted molar refractivity (Wildman–Crippen MR) is 111 cm³/mol. The molecule has 2 bridgehead atoms. The van der Waals surface area contributed by atoms with Crippen LogP contribution in [0.3, 0.4) is 0 Å². The Labute approximate surface area is 164 Å². The summed E-state index contributed by atoms with van der Waals surface area (Å²) in [5, 5.41) is 3.73. The first-order chi connectivity index (χ1) is 13.0. The van der Waals surface area contributed by atoms with E-state index >= 15 is 0 Å². The summed E-state index contributed by atoms with van der Waals surface area (Å²) in [6.45, 7) is 8.96. The van der Waals surface area contributed by atoms with Crippen molar-refractivity contribution >= 4 is 0 Å². The van der Waals surface area contributed by atoms with E-state index in [2.05, 4.69) is 86.8 Å². The molecule has 0 saturated heterocycles. The number of rotatable bonds is 7. The van der Waals surface area contributed by atoms with Gasteiger partial charge in [0.25, 0.3) is 0 Å². The summed E-state index contributed by atoms with van der Waals surface area (Å²) in [6, 6.07) is 21.6. The molecule has 2 aromatic rings. The van der Waals surface area contributed by atoms with Crippen molar-refractivity contribution in [1.29, 1.82) is 0 Å². The molecule has 0 radical (unpaired) electrons. The van der Waals surface area contributed by atoms with Gasteiger partial charge in [-0.15, -0.1) is 0 Å². The van der Waals surface area contributed by atoms with E-state index in [0.717, 1.165) is 19.1 Å². The van der Waals surface area contributed by atoms with Crippen LogP contribution < -0.4 is 5.32 Å². The number of benzene rings is 2. The van der Waals surface area contributed by atoms with Crippen LogP contribution in [-0.4, -0.2) is 12.7 Å². The number of hydrogen-bond acceptors (Lipinski definition) is 2. The molecule has 27 heavy (non-hydrogen) atoms. The van der Waals surface area contributed by atoms with Crippen molar-refractivity contribution in [1.82, 2.24) is 5.32 Å². The van der Waals surface area contributed by atoms with Crippen LogP contribution >= 0.6 is 0 Å². The molecule has 2 fully saturated rings. The van der Waals surface area contributed by atoms with Gasteiger partial charge in [-0.3, -0.25) is 0 Å². The average molecular weight is 364 g/mol. The number of fused-ring (bicyclic) bond motifs is 2. The second-order valence-electron chi connectivity index (χ2n) is 9.26. The van der Waals surface area contributed by atoms with Crippen molar-refractivity contribution in [2.24, 2.45) is 16.7 Å². The van der Waals surface area contributed by atoms with Crippen LogP contribution in [0.25, 0.3) is 0 Å². The van der Waals surface area contributed by atoms with Crippen LogP contribution in [0, 0.1) is 16.7 Å². The fraction of sp³-hybridized carbons (Fsp3) is 0.520. The predicted octanol–water partition coefficient (Wildman–Crippen LogP) is 5.75. The first-order valence-corrected chi connectivity index (χ1v) is 10.4. The van der Waals surface area contributed by atoms with Gasteiger partial charge >= 0.3 is 0 Å². The van der Waals surface area contributed by atoms with Gasteiger partial charge in [0.05, 0.1) is 18.8 Å². The first kappa shape index (κ1) is 18.7. The van der Waals surface area contributed by atoms with Crippen molar-refractivity contribution in [3.8, 4) is 0 Å². The monoisotopic (exact) mass is 363 g/mol. The van der Waals surface area contributed by atoms with Crippen LogP contribution in [0.4, 0.5) is 0 Å². The Kier molecular flexibility index (Phi) is 5.13. The van der Waals surface area contributed by atoms with Gasteiger partial charge < -0.3 is 10.1 Å². The van der Waals surface area contributed by atoms with Crippen molar-refractivity contribution in [3.05, 3.63) is 71.8 Å². The molecule has 2 aliphatic rings. The lowest BCUT2D eigenvalue weighted by atomic mass is 9.70. The molecule has 1 unspecified atom stereocenters. The van der Waals surface area contributed by atoms with E-state index in [9.17, 15) is 0 Å². The normalized spacial score (nSPS) is 29.7. The second kappa shape index (κ2) is 7.41. The second-order valence-corrected chi connectivity index (χ2v) is 9.26. The highest BCUT2D eigenvalue weighted by Gasteiger charge is 2.61. The van der Waals surface area contributed by atoms with E-state index in [-0.39, 0.29) is 6.04 Å². The number of hydrogen-bond donors (Lipinski definition) is 1. The molecule has 0 aliphatic heterocycles. The maximum atomic E-state index is 6.62. The van der Waals surface area contributed by atoms with E-state index in [4.69, 9.17) is 4.74 Å². The summed E-state index contributed by atoms with van der Waals surface area (Å²) in [6.07, 6.45) is 4.29. The molecular formula is C25H33NO. The van der Waals surface area contributed by atoms with Gasteiger partial charge in [-0.1, -0.05) is 81.4 Å². The largest absolute Gasteiger partial charge is 0.376 e. The van der Waals surface area contributed by atoms with Gasteiger partial charge in [-0.05, 0) is 47.1 Å². The zero-order valence-corrected chi connectivity index (χ0v) is 16.9. The molecule has 4 rings (SSSR count). The van der Waals surface area contributed by atoms with Gasteiger partial charge in [-0.25, -0.2) is 0 Å². The molecule has 2 heteroatoms. The van der Waals surface area contributed by atoms with Gasteiger partial charge in [0.2, 0.25) is 0 Å². The molecule has 144 valence electrons. The molecule has 2 aliphatic carbocycles. The summed E-state index contributed by atoms with van der Waals surface area (Å²) in [4.78, 5) is 0. The zero-order valence-electron chi connectivity index (χ0n) is 16.9. The molecule has 0 heterocycles. The number of nitrogens with one attached hydrogen (secondary N) is 1. The van der Waals surface area contributed by atoms with E-state index in [1.807, 2.05) is 0 Å². The first-order valence-electron chi connectivity index (χ1n) is 10.4. The topological polar surface area (TPSA) is 21.3 Å². The minimum absolute atomic E-state index is 0.220. The van der Waals surface area contributed by atoms with E-state index < -0.39 is 0 Å². The molecule has 1 N–H and O–H groups in total. The van der Waals surface area contributed by atoms with Crippen molar-refractivity contribution in [3.63, 3.8) is 0 Å². The van der Waals surface area contributed by atoms with E-state index in [1.54, 1.807) is 0 Å². The Balaban J connectivity index is 1.44. The molecule has 2 nitrogen and oxygen atoms in total. The molecule has 0 amide bonds. The number of ether oxygens (including phenoxy) is 1. The Morgan fingerprint density at radius 1 is 1.00 bits per heavy atom. The highest BCUT2D eigenvalue weighted by molar-refractivity contribution is 5.20. The molecule has 4 atom stereocenters. The Bertz CT molecular complexity index is 741. The lowest BCUT2D eigenvalue weighted by Gasteiger charge is -2.39. The fourth-order valence-corrected chi connectivity index (χ4v) is 5.39. The van der Waals surface area contributed by atoms with E-state index in [1.165, 1.54) is 30.4 Å². The van der Waals surface area contributed by atoms with Crippen molar-refractivity contribution < 1.29 is 4.74 Å². The van der Waals surface area contributed by atoms with Crippen molar-refractivity contribution in [2.45, 2.75) is 58.7 Å². The SMILES string of the molecule is CC1(C)[C@@H]2CC[C@@]1(C)[C@@H](OCC(NCc1ccccc1)c1ccccc1)C2. The van der Waals surface area contributed by atoms with Crippen LogP contribution in [0.1, 0.15) is 57.2 Å². The third-order valence-electron chi connectivity index (χ3n) is 7.78. The lowest BCUT2D eigenvalue weighted by molar-refractivity contribution is -0.0539. The maximum absolute atomic E-state index is 6.62. The highest BCUT2D eigenvalue weighted by atomic mass is 16.5. The van der Waals surface area contributed by atoms with Crippen LogP contribution in [-0.2, 0) is 11.3 Å². The lowest BCUT2D eigenvalue weighted by Crippen LogP contribution is -2.38.